The number of piperidine rings is 1. The van der Waals surface area contributed by atoms with Crippen molar-refractivity contribution in [2.24, 2.45) is 7.05 Å². The molecule has 8 heteroatoms. The summed E-state index contributed by atoms with van der Waals surface area (Å²) < 4.78 is 1.36. The first-order chi connectivity index (χ1) is 12.9. The van der Waals surface area contributed by atoms with Crippen LogP contribution in [0.4, 0.5) is 5.82 Å². The molecule has 1 atom stereocenters. The molecule has 0 bridgehead atoms. The molecule has 0 saturated carbocycles. The van der Waals surface area contributed by atoms with Crippen LogP contribution in [0.5, 0.6) is 5.75 Å². The maximum absolute atomic E-state index is 12.7. The van der Waals surface area contributed by atoms with E-state index in [1.807, 2.05) is 0 Å². The predicted octanol–water partition coefficient (Wildman–Crippen LogP) is 1.65. The molecule has 2 aromatic rings. The number of anilines is 1. The third kappa shape index (κ3) is 4.00. The summed E-state index contributed by atoms with van der Waals surface area (Å²) in [6.45, 7) is 6.48. The van der Waals surface area contributed by atoms with Crippen LogP contribution in [0.3, 0.4) is 0 Å². The summed E-state index contributed by atoms with van der Waals surface area (Å²) in [5.74, 6) is 0.199. The lowest BCUT2D eigenvalue weighted by atomic mass is 10.1. The van der Waals surface area contributed by atoms with Crippen molar-refractivity contribution < 1.29 is 9.90 Å². The number of likely N-dealkylation sites (tertiary alicyclic amines) is 1. The van der Waals surface area contributed by atoms with Crippen molar-refractivity contribution in [3.05, 3.63) is 34.1 Å². The van der Waals surface area contributed by atoms with E-state index in [4.69, 9.17) is 0 Å². The highest BCUT2D eigenvalue weighted by Crippen LogP contribution is 2.27. The monoisotopic (exact) mass is 371 g/mol. The average molecular weight is 371 g/mol. The van der Waals surface area contributed by atoms with Crippen molar-refractivity contribution in [2.45, 2.75) is 32.7 Å². The zero-order chi connectivity index (χ0) is 19.6. The molecule has 27 heavy (non-hydrogen) atoms. The van der Waals surface area contributed by atoms with Gasteiger partial charge in [0, 0.05) is 25.2 Å². The van der Waals surface area contributed by atoms with Gasteiger partial charge in [-0.25, -0.2) is 0 Å². The van der Waals surface area contributed by atoms with E-state index >= 15 is 0 Å². The molecule has 2 heterocycles. The molecule has 1 aromatic heterocycles. The van der Waals surface area contributed by atoms with E-state index < -0.39 is 0 Å². The van der Waals surface area contributed by atoms with Gasteiger partial charge in [-0.2, -0.15) is 0 Å². The van der Waals surface area contributed by atoms with Crippen LogP contribution in [0.2, 0.25) is 0 Å². The normalized spacial score (nSPS) is 17.7. The fraction of sp³-hybridized carbons (Fsp3) is 0.474. The van der Waals surface area contributed by atoms with Gasteiger partial charge in [0.2, 0.25) is 5.82 Å². The molecule has 1 aromatic carbocycles. The number of phenols is 1. The number of ketones is 1. The minimum atomic E-state index is -0.302. The zero-order valence-electron chi connectivity index (χ0n) is 15.9. The highest BCUT2D eigenvalue weighted by Gasteiger charge is 2.21. The molecular formula is C19H25N5O3. The van der Waals surface area contributed by atoms with Crippen LogP contribution in [-0.4, -0.2) is 56.2 Å². The fourth-order valence-corrected chi connectivity index (χ4v) is 3.38. The summed E-state index contributed by atoms with van der Waals surface area (Å²) in [4.78, 5) is 26.5. The molecule has 1 saturated heterocycles. The molecule has 0 unspecified atom stereocenters. The Morgan fingerprint density at radius 3 is 2.81 bits per heavy atom. The summed E-state index contributed by atoms with van der Waals surface area (Å²) in [6.07, 6.45) is 2.06. The Morgan fingerprint density at radius 2 is 2.15 bits per heavy atom. The second-order valence-corrected chi connectivity index (χ2v) is 6.90. The van der Waals surface area contributed by atoms with Crippen molar-refractivity contribution in [2.75, 3.05) is 25.0 Å². The van der Waals surface area contributed by atoms with Crippen molar-refractivity contribution in [3.8, 4) is 17.1 Å². The number of aromatic nitrogens is 3. The fourth-order valence-electron chi connectivity index (χ4n) is 3.38. The Balaban J connectivity index is 1.87. The number of benzene rings is 1. The number of phenolic OH excluding ortho intramolecular Hbond substituents is 1. The van der Waals surface area contributed by atoms with Crippen molar-refractivity contribution >= 4 is 11.6 Å². The van der Waals surface area contributed by atoms with Crippen molar-refractivity contribution in [1.82, 2.24) is 19.7 Å². The van der Waals surface area contributed by atoms with Crippen LogP contribution in [0.1, 0.15) is 37.0 Å². The van der Waals surface area contributed by atoms with Gasteiger partial charge in [-0.05, 0) is 45.0 Å². The number of carbonyl (C=O) groups excluding carboxylic acids is 1. The van der Waals surface area contributed by atoms with E-state index in [1.54, 1.807) is 19.2 Å². The van der Waals surface area contributed by atoms with Crippen LogP contribution < -0.4 is 10.9 Å². The molecule has 1 fully saturated rings. The Hall–Kier alpha value is -2.74. The molecule has 8 nitrogen and oxygen atoms in total. The Bertz CT molecular complexity index is 909. The summed E-state index contributed by atoms with van der Waals surface area (Å²) >= 11 is 0. The molecule has 1 aliphatic rings. The number of nitrogens with one attached hydrogen (secondary N) is 1. The topological polar surface area (TPSA) is 100 Å². The second kappa shape index (κ2) is 7.87. The molecule has 0 amide bonds. The molecule has 0 radical (unpaired) electrons. The van der Waals surface area contributed by atoms with Gasteiger partial charge < -0.3 is 15.3 Å². The summed E-state index contributed by atoms with van der Waals surface area (Å²) in [5.41, 5.74) is 0.447. The molecule has 1 aliphatic heterocycles. The van der Waals surface area contributed by atoms with Gasteiger partial charge in [-0.3, -0.25) is 14.2 Å². The van der Waals surface area contributed by atoms with E-state index in [9.17, 15) is 14.7 Å². The first-order valence-electron chi connectivity index (χ1n) is 9.17. The van der Waals surface area contributed by atoms with E-state index in [1.165, 1.54) is 17.6 Å². The van der Waals surface area contributed by atoms with Gasteiger partial charge in [0.1, 0.15) is 5.75 Å². The lowest BCUT2D eigenvalue weighted by molar-refractivity contribution is 0.101. The van der Waals surface area contributed by atoms with Crippen molar-refractivity contribution in [1.29, 1.82) is 0 Å². The van der Waals surface area contributed by atoms with E-state index in [0.29, 0.717) is 11.1 Å². The molecule has 0 spiro atoms. The number of Topliss-reactive ketones (excluding diaryl/α,β-unsaturated/α-hetero) is 1. The SMILES string of the molecule is CCN1CCC[C@@H](Nc2nnc(-c3ccc(C(C)=O)cc3O)n(C)c2=O)C1. The third-order valence-corrected chi connectivity index (χ3v) is 5.01. The van der Waals surface area contributed by atoms with Crippen LogP contribution in [0.15, 0.2) is 23.0 Å². The number of hydrogen-bond donors (Lipinski definition) is 2. The van der Waals surface area contributed by atoms with Gasteiger partial charge in [-0.1, -0.05) is 13.0 Å². The van der Waals surface area contributed by atoms with E-state index in [-0.39, 0.29) is 34.8 Å². The average Bonchev–Trinajstić information content (AvgIpc) is 2.66. The quantitative estimate of drug-likeness (QED) is 0.771. The largest absolute Gasteiger partial charge is 0.507 e. The van der Waals surface area contributed by atoms with Gasteiger partial charge in [0.25, 0.3) is 5.56 Å². The Morgan fingerprint density at radius 1 is 1.37 bits per heavy atom. The van der Waals surface area contributed by atoms with Gasteiger partial charge >= 0.3 is 0 Å². The third-order valence-electron chi connectivity index (χ3n) is 5.01. The smallest absolute Gasteiger partial charge is 0.296 e. The maximum atomic E-state index is 12.7. The number of hydrogen-bond acceptors (Lipinski definition) is 7. The molecule has 0 aliphatic carbocycles. The summed E-state index contributed by atoms with van der Waals surface area (Å²) in [6, 6.07) is 4.70. The van der Waals surface area contributed by atoms with Gasteiger partial charge in [0.05, 0.1) is 5.56 Å². The number of aromatic hydroxyl groups is 1. The number of carbonyl (C=O) groups is 1. The maximum Gasteiger partial charge on any atom is 0.296 e. The molecule has 144 valence electrons. The minimum absolute atomic E-state index is 0.112. The van der Waals surface area contributed by atoms with Crippen LogP contribution in [-0.2, 0) is 7.05 Å². The van der Waals surface area contributed by atoms with E-state index in [2.05, 4.69) is 27.3 Å². The summed E-state index contributed by atoms with van der Waals surface area (Å²) in [7, 11) is 1.59. The standard InChI is InChI=1S/C19H25N5O3/c1-4-24-9-5-6-14(11-24)20-17-19(27)23(3)18(22-21-17)15-8-7-13(12(2)25)10-16(15)26/h7-8,10,14,26H,4-6,9,11H2,1-3H3,(H,20,21)/t14-/m1/s1. The first-order valence-corrected chi connectivity index (χ1v) is 9.17. The van der Waals surface area contributed by atoms with Gasteiger partial charge in [0.15, 0.2) is 11.6 Å². The Kier molecular flexibility index (Phi) is 5.55. The molecule has 3 rings (SSSR count). The highest BCUT2D eigenvalue weighted by molar-refractivity contribution is 5.95. The van der Waals surface area contributed by atoms with Crippen LogP contribution in [0.25, 0.3) is 11.4 Å². The first kappa shape index (κ1) is 19.0. The van der Waals surface area contributed by atoms with E-state index in [0.717, 1.165) is 32.5 Å². The summed E-state index contributed by atoms with van der Waals surface area (Å²) in [5, 5.41) is 21.7. The Labute approximate surface area is 157 Å². The van der Waals surface area contributed by atoms with Crippen LogP contribution >= 0.6 is 0 Å². The highest BCUT2D eigenvalue weighted by atomic mass is 16.3. The molecular weight excluding hydrogens is 346 g/mol. The lowest BCUT2D eigenvalue weighted by Crippen LogP contribution is -2.43. The second-order valence-electron chi connectivity index (χ2n) is 6.90. The predicted molar refractivity (Wildman–Crippen MR) is 103 cm³/mol. The molecule has 2 N–H and O–H groups in total. The minimum Gasteiger partial charge on any atom is -0.507 e. The van der Waals surface area contributed by atoms with Crippen LogP contribution in [0, 0.1) is 0 Å². The number of nitrogens with zero attached hydrogens (tertiary/aromatic N) is 4. The number of likely N-dealkylation sites (N-methyl/N-ethyl adjacent to an activating group) is 1. The lowest BCUT2D eigenvalue weighted by Gasteiger charge is -2.32. The van der Waals surface area contributed by atoms with Crippen molar-refractivity contribution in [3.63, 3.8) is 0 Å². The van der Waals surface area contributed by atoms with Gasteiger partial charge in [-0.15, -0.1) is 10.2 Å². The zero-order valence-corrected chi connectivity index (χ0v) is 15.9. The number of rotatable bonds is 5.